The smallest absolute Gasteiger partial charge is 0.309 e. The molecule has 18 heavy (non-hydrogen) atoms. The minimum atomic E-state index is -0.933. The largest absolute Gasteiger partial charge is 0.481 e. The highest BCUT2D eigenvalue weighted by Crippen LogP contribution is 2.27. The first-order valence-electron chi connectivity index (χ1n) is 6.48. The van der Waals surface area contributed by atoms with Crippen molar-refractivity contribution in [2.75, 3.05) is 0 Å². The molecule has 0 saturated carbocycles. The minimum absolute atomic E-state index is 0.433. The van der Waals surface area contributed by atoms with Crippen LogP contribution in [0.25, 0.3) is 0 Å². The fraction of sp³-hybridized carbons (Fsp3) is 0.533. The van der Waals surface area contributed by atoms with Crippen LogP contribution < -0.4 is 0 Å². The van der Waals surface area contributed by atoms with Crippen LogP contribution in [-0.4, -0.2) is 16.2 Å². The molecule has 0 radical (unpaired) electrons. The fourth-order valence-corrected chi connectivity index (χ4v) is 2.04. The van der Waals surface area contributed by atoms with Crippen molar-refractivity contribution >= 4 is 5.97 Å². The Balaban J connectivity index is 2.87. The topological polar surface area (TPSA) is 57.5 Å². The molecule has 1 rings (SSSR count). The van der Waals surface area contributed by atoms with Crippen molar-refractivity contribution in [3.8, 4) is 0 Å². The monoisotopic (exact) mass is 250 g/mol. The van der Waals surface area contributed by atoms with Gasteiger partial charge in [0.15, 0.2) is 0 Å². The zero-order chi connectivity index (χ0) is 13.7. The predicted octanol–water partition coefficient (Wildman–Crippen LogP) is 3.34. The van der Waals surface area contributed by atoms with Crippen LogP contribution in [0.2, 0.25) is 0 Å². The Kier molecular flexibility index (Phi) is 5.35. The fourth-order valence-electron chi connectivity index (χ4n) is 2.04. The van der Waals surface area contributed by atoms with Crippen LogP contribution in [0.5, 0.6) is 0 Å². The van der Waals surface area contributed by atoms with Gasteiger partial charge < -0.3 is 10.2 Å². The highest BCUT2D eigenvalue weighted by molar-refractivity contribution is 5.71. The molecule has 100 valence electrons. The Bertz CT molecular complexity index is 381. The van der Waals surface area contributed by atoms with Crippen LogP contribution >= 0.6 is 0 Å². The van der Waals surface area contributed by atoms with Gasteiger partial charge in [0, 0.05) is 0 Å². The van der Waals surface area contributed by atoms with Crippen molar-refractivity contribution in [2.45, 2.75) is 45.6 Å². The third-order valence-electron chi connectivity index (χ3n) is 3.24. The van der Waals surface area contributed by atoms with Gasteiger partial charge in [-0.15, -0.1) is 0 Å². The van der Waals surface area contributed by atoms with Crippen LogP contribution in [0.15, 0.2) is 24.3 Å². The standard InChI is InChI=1S/C15H22O3/c1-4-5-13(15(17)18)14(16)12-8-6-11(7-9-12)10(2)3/h6-10,13-14,16H,4-5H2,1-3H3,(H,17,18). The number of benzene rings is 1. The second-order valence-corrected chi connectivity index (χ2v) is 5.00. The van der Waals surface area contributed by atoms with E-state index in [0.29, 0.717) is 17.9 Å². The molecular weight excluding hydrogens is 228 g/mol. The zero-order valence-corrected chi connectivity index (χ0v) is 11.3. The summed E-state index contributed by atoms with van der Waals surface area (Å²) in [7, 11) is 0. The summed E-state index contributed by atoms with van der Waals surface area (Å²) in [4.78, 5) is 11.1. The highest BCUT2D eigenvalue weighted by atomic mass is 16.4. The van der Waals surface area contributed by atoms with Crippen molar-refractivity contribution in [1.82, 2.24) is 0 Å². The van der Waals surface area contributed by atoms with Crippen molar-refractivity contribution in [3.63, 3.8) is 0 Å². The first kappa shape index (κ1) is 14.7. The lowest BCUT2D eigenvalue weighted by Gasteiger charge is -2.19. The number of hydrogen-bond donors (Lipinski definition) is 2. The molecule has 0 aromatic heterocycles. The number of carbonyl (C=O) groups is 1. The summed E-state index contributed by atoms with van der Waals surface area (Å²) in [6.45, 7) is 6.12. The van der Waals surface area contributed by atoms with Crippen molar-refractivity contribution < 1.29 is 15.0 Å². The molecule has 3 nitrogen and oxygen atoms in total. The number of aliphatic hydroxyl groups excluding tert-OH is 1. The molecule has 1 aromatic rings. The maximum Gasteiger partial charge on any atom is 0.309 e. The zero-order valence-electron chi connectivity index (χ0n) is 11.3. The Labute approximate surface area is 108 Å². The van der Waals surface area contributed by atoms with E-state index in [1.807, 2.05) is 31.2 Å². The molecule has 0 fully saturated rings. The molecule has 0 saturated heterocycles. The summed E-state index contributed by atoms with van der Waals surface area (Å²) in [5.41, 5.74) is 1.87. The highest BCUT2D eigenvalue weighted by Gasteiger charge is 2.26. The van der Waals surface area contributed by atoms with Gasteiger partial charge >= 0.3 is 5.97 Å². The molecule has 0 spiro atoms. The SMILES string of the molecule is CCCC(C(=O)O)C(O)c1ccc(C(C)C)cc1. The molecule has 2 atom stereocenters. The summed E-state index contributed by atoms with van der Waals surface area (Å²) >= 11 is 0. The summed E-state index contributed by atoms with van der Waals surface area (Å²) in [6, 6.07) is 7.55. The van der Waals surface area contributed by atoms with Gasteiger partial charge in [-0.3, -0.25) is 4.79 Å². The average molecular weight is 250 g/mol. The summed E-state index contributed by atoms with van der Waals surface area (Å²) in [5.74, 6) is -1.22. The van der Waals surface area contributed by atoms with E-state index in [1.54, 1.807) is 0 Å². The molecule has 0 aliphatic rings. The van der Waals surface area contributed by atoms with Crippen LogP contribution in [0, 0.1) is 5.92 Å². The van der Waals surface area contributed by atoms with E-state index in [4.69, 9.17) is 5.11 Å². The van der Waals surface area contributed by atoms with Gasteiger partial charge in [0.05, 0.1) is 12.0 Å². The van der Waals surface area contributed by atoms with Gasteiger partial charge in [-0.2, -0.15) is 0 Å². The van der Waals surface area contributed by atoms with E-state index >= 15 is 0 Å². The van der Waals surface area contributed by atoms with E-state index in [-0.39, 0.29) is 0 Å². The van der Waals surface area contributed by atoms with E-state index in [9.17, 15) is 9.90 Å². The van der Waals surface area contributed by atoms with Crippen molar-refractivity contribution in [1.29, 1.82) is 0 Å². The molecule has 0 aliphatic heterocycles. The van der Waals surface area contributed by atoms with Gasteiger partial charge in [-0.1, -0.05) is 51.5 Å². The van der Waals surface area contributed by atoms with Crippen molar-refractivity contribution in [2.24, 2.45) is 5.92 Å². The van der Waals surface area contributed by atoms with Crippen LogP contribution in [-0.2, 0) is 4.79 Å². The second-order valence-electron chi connectivity index (χ2n) is 5.00. The number of carboxylic acid groups (broad SMARTS) is 1. The molecular formula is C15H22O3. The first-order valence-corrected chi connectivity index (χ1v) is 6.48. The molecule has 0 aliphatic carbocycles. The van der Waals surface area contributed by atoms with Gasteiger partial charge in [-0.25, -0.2) is 0 Å². The lowest BCUT2D eigenvalue weighted by atomic mass is 9.90. The third kappa shape index (κ3) is 3.57. The van der Waals surface area contributed by atoms with E-state index in [0.717, 1.165) is 6.42 Å². The second kappa shape index (κ2) is 6.55. The third-order valence-corrected chi connectivity index (χ3v) is 3.24. The molecule has 0 amide bonds. The molecule has 0 bridgehead atoms. The van der Waals surface area contributed by atoms with Gasteiger partial charge in [0.25, 0.3) is 0 Å². The van der Waals surface area contributed by atoms with Crippen LogP contribution in [0.1, 0.15) is 56.8 Å². The number of aliphatic carboxylic acids is 1. The van der Waals surface area contributed by atoms with E-state index in [1.165, 1.54) is 5.56 Å². The maximum atomic E-state index is 11.1. The Hall–Kier alpha value is -1.35. The quantitative estimate of drug-likeness (QED) is 0.814. The normalized spacial score (nSPS) is 14.5. The van der Waals surface area contributed by atoms with Crippen LogP contribution in [0.4, 0.5) is 0 Å². The minimum Gasteiger partial charge on any atom is -0.481 e. The van der Waals surface area contributed by atoms with Crippen molar-refractivity contribution in [3.05, 3.63) is 35.4 Å². The van der Waals surface area contributed by atoms with E-state index in [2.05, 4.69) is 13.8 Å². The lowest BCUT2D eigenvalue weighted by Crippen LogP contribution is -2.21. The van der Waals surface area contributed by atoms with Gasteiger partial charge in [0.1, 0.15) is 0 Å². The number of hydrogen-bond acceptors (Lipinski definition) is 2. The summed E-state index contributed by atoms with van der Waals surface area (Å²) in [6.07, 6.45) is 0.309. The first-order chi connectivity index (χ1) is 8.47. The predicted molar refractivity (Wildman–Crippen MR) is 71.5 cm³/mol. The van der Waals surface area contributed by atoms with Gasteiger partial charge in [0.2, 0.25) is 0 Å². The summed E-state index contributed by atoms with van der Waals surface area (Å²) < 4.78 is 0. The van der Waals surface area contributed by atoms with Gasteiger partial charge in [-0.05, 0) is 23.5 Å². The van der Waals surface area contributed by atoms with Crippen LogP contribution in [0.3, 0.4) is 0 Å². The Morgan fingerprint density at radius 3 is 2.06 bits per heavy atom. The number of aliphatic hydroxyl groups is 1. The molecule has 2 unspecified atom stereocenters. The Morgan fingerprint density at radius 1 is 1.17 bits per heavy atom. The number of carboxylic acids is 1. The number of rotatable bonds is 6. The molecule has 3 heteroatoms. The van der Waals surface area contributed by atoms with E-state index < -0.39 is 18.0 Å². The average Bonchev–Trinajstić information content (AvgIpc) is 2.35. The summed E-state index contributed by atoms with van der Waals surface area (Å²) in [5, 5.41) is 19.2. The molecule has 0 heterocycles. The Morgan fingerprint density at radius 2 is 1.67 bits per heavy atom. The molecule has 1 aromatic carbocycles. The molecule has 2 N–H and O–H groups in total. The maximum absolute atomic E-state index is 11.1. The lowest BCUT2D eigenvalue weighted by molar-refractivity contribution is -0.146.